The van der Waals surface area contributed by atoms with Crippen LogP contribution in [0.3, 0.4) is 0 Å². The van der Waals surface area contributed by atoms with Crippen LogP contribution in [-0.2, 0) is 14.8 Å². The van der Waals surface area contributed by atoms with E-state index in [9.17, 15) is 13.2 Å². The van der Waals surface area contributed by atoms with Crippen molar-refractivity contribution in [3.63, 3.8) is 0 Å². The molecule has 1 aromatic rings. The van der Waals surface area contributed by atoms with Crippen molar-refractivity contribution in [2.75, 3.05) is 20.2 Å². The average molecular weight is 295 g/mol. The van der Waals surface area contributed by atoms with Crippen molar-refractivity contribution in [2.24, 2.45) is 0 Å². The van der Waals surface area contributed by atoms with Crippen molar-refractivity contribution in [3.8, 4) is 0 Å². The molecule has 0 aliphatic rings. The summed E-state index contributed by atoms with van der Waals surface area (Å²) in [6.45, 7) is 7.45. The lowest BCUT2D eigenvalue weighted by Gasteiger charge is -2.19. The fraction of sp³-hybridized carbons (Fsp3) is 0.214. The molecule has 0 aliphatic carbocycles. The molecule has 0 amide bonds. The summed E-state index contributed by atoms with van der Waals surface area (Å²) < 4.78 is 30.6. The largest absolute Gasteiger partial charge is 0.465 e. The Hall–Kier alpha value is -1.92. The van der Waals surface area contributed by atoms with Crippen LogP contribution in [0.15, 0.2) is 54.5 Å². The van der Waals surface area contributed by atoms with Gasteiger partial charge < -0.3 is 4.74 Å². The summed E-state index contributed by atoms with van der Waals surface area (Å²) in [5, 5.41) is 0. The number of esters is 1. The van der Waals surface area contributed by atoms with Crippen LogP contribution in [0.25, 0.3) is 0 Å². The monoisotopic (exact) mass is 295 g/mol. The maximum Gasteiger partial charge on any atom is 0.337 e. The number of sulfonamides is 1. The van der Waals surface area contributed by atoms with Gasteiger partial charge in [-0.2, -0.15) is 4.31 Å². The molecule has 0 fully saturated rings. The summed E-state index contributed by atoms with van der Waals surface area (Å²) in [5.74, 6) is -0.511. The maximum absolute atomic E-state index is 12.4. The van der Waals surface area contributed by atoms with Crippen LogP contribution in [0.4, 0.5) is 0 Å². The summed E-state index contributed by atoms with van der Waals surface area (Å²) in [7, 11) is -2.37. The second-order valence-corrected chi connectivity index (χ2v) is 5.85. The van der Waals surface area contributed by atoms with E-state index in [1.54, 1.807) is 0 Å². The molecule has 0 N–H and O–H groups in total. The van der Waals surface area contributed by atoms with E-state index in [0.29, 0.717) is 5.56 Å². The number of carbonyl (C=O) groups is 1. The first-order valence-corrected chi connectivity index (χ1v) is 7.31. The van der Waals surface area contributed by atoms with Crippen LogP contribution in [0.2, 0.25) is 0 Å². The third-order valence-electron chi connectivity index (χ3n) is 2.58. The zero-order chi connectivity index (χ0) is 15.2. The zero-order valence-electron chi connectivity index (χ0n) is 11.3. The first-order valence-electron chi connectivity index (χ1n) is 5.87. The van der Waals surface area contributed by atoms with Crippen molar-refractivity contribution >= 4 is 16.0 Å². The number of carbonyl (C=O) groups excluding carboxylic acids is 1. The van der Waals surface area contributed by atoms with Crippen LogP contribution in [0.5, 0.6) is 0 Å². The predicted molar refractivity (Wildman–Crippen MR) is 76.9 cm³/mol. The van der Waals surface area contributed by atoms with Crippen molar-refractivity contribution in [2.45, 2.75) is 4.90 Å². The second-order valence-electron chi connectivity index (χ2n) is 3.92. The molecular formula is C14H17NO4S. The van der Waals surface area contributed by atoms with Crippen LogP contribution < -0.4 is 0 Å². The summed E-state index contributed by atoms with van der Waals surface area (Å²) >= 11 is 0. The number of methoxy groups -OCH3 is 1. The van der Waals surface area contributed by atoms with E-state index in [1.165, 1.54) is 47.8 Å². The molecule has 20 heavy (non-hydrogen) atoms. The standard InChI is InChI=1S/C14H17NO4S/c1-4-10-15(11-5-2)20(17,18)13-8-6-12(7-9-13)14(16)19-3/h4-9H,1-2,10-11H2,3H3. The summed E-state index contributed by atoms with van der Waals surface area (Å²) in [6.07, 6.45) is 3.01. The van der Waals surface area contributed by atoms with Gasteiger partial charge in [-0.1, -0.05) is 12.2 Å². The molecular weight excluding hydrogens is 278 g/mol. The van der Waals surface area contributed by atoms with E-state index in [2.05, 4.69) is 17.9 Å². The minimum absolute atomic E-state index is 0.105. The van der Waals surface area contributed by atoms with E-state index in [4.69, 9.17) is 0 Å². The Kier molecular flexibility index (Phi) is 5.66. The highest BCUT2D eigenvalue weighted by Crippen LogP contribution is 2.16. The first-order chi connectivity index (χ1) is 9.47. The topological polar surface area (TPSA) is 63.7 Å². The van der Waals surface area contributed by atoms with Gasteiger partial charge in [0.05, 0.1) is 17.6 Å². The highest BCUT2D eigenvalue weighted by atomic mass is 32.2. The molecule has 108 valence electrons. The van der Waals surface area contributed by atoms with Crippen molar-refractivity contribution < 1.29 is 17.9 Å². The van der Waals surface area contributed by atoms with Crippen molar-refractivity contribution in [3.05, 3.63) is 55.1 Å². The first kappa shape index (κ1) is 16.1. The lowest BCUT2D eigenvalue weighted by molar-refractivity contribution is 0.0600. The summed E-state index contributed by atoms with van der Waals surface area (Å²) in [6, 6.07) is 5.58. The average Bonchev–Trinajstić information content (AvgIpc) is 2.46. The van der Waals surface area contributed by atoms with Gasteiger partial charge in [0.15, 0.2) is 0 Å². The lowest BCUT2D eigenvalue weighted by atomic mass is 10.2. The summed E-state index contributed by atoms with van der Waals surface area (Å²) in [4.78, 5) is 11.4. The number of ether oxygens (including phenoxy) is 1. The van der Waals surface area contributed by atoms with E-state index < -0.39 is 16.0 Å². The smallest absolute Gasteiger partial charge is 0.337 e. The number of nitrogens with zero attached hydrogens (tertiary/aromatic N) is 1. The molecule has 6 heteroatoms. The van der Waals surface area contributed by atoms with E-state index in [-0.39, 0.29) is 18.0 Å². The van der Waals surface area contributed by atoms with Crippen LogP contribution >= 0.6 is 0 Å². The Morgan fingerprint density at radius 3 is 2.10 bits per heavy atom. The predicted octanol–water partition coefficient (Wildman–Crippen LogP) is 1.84. The molecule has 0 aromatic heterocycles. The molecule has 5 nitrogen and oxygen atoms in total. The molecule has 0 bridgehead atoms. The van der Waals surface area contributed by atoms with Gasteiger partial charge >= 0.3 is 5.97 Å². The van der Waals surface area contributed by atoms with Gasteiger partial charge in [0.1, 0.15) is 0 Å². The zero-order valence-corrected chi connectivity index (χ0v) is 12.1. The number of benzene rings is 1. The second kappa shape index (κ2) is 7.02. The molecule has 1 aromatic carbocycles. The molecule has 1 rings (SSSR count). The van der Waals surface area contributed by atoms with E-state index >= 15 is 0 Å². The van der Waals surface area contributed by atoms with Gasteiger partial charge in [0.2, 0.25) is 10.0 Å². The van der Waals surface area contributed by atoms with Crippen LogP contribution in [-0.4, -0.2) is 38.9 Å². The molecule has 0 saturated carbocycles. The lowest BCUT2D eigenvalue weighted by Crippen LogP contribution is -2.31. The Labute approximate surface area is 119 Å². The van der Waals surface area contributed by atoms with Gasteiger partial charge in [0.25, 0.3) is 0 Å². The number of rotatable bonds is 7. The fourth-order valence-electron chi connectivity index (χ4n) is 1.59. The van der Waals surface area contributed by atoms with Crippen molar-refractivity contribution in [1.82, 2.24) is 4.31 Å². The molecule has 0 saturated heterocycles. The third-order valence-corrected chi connectivity index (χ3v) is 4.42. The Morgan fingerprint density at radius 1 is 1.20 bits per heavy atom. The molecule has 0 heterocycles. The Morgan fingerprint density at radius 2 is 1.70 bits per heavy atom. The number of hydrogen-bond donors (Lipinski definition) is 0. The Balaban J connectivity index is 3.11. The van der Waals surface area contributed by atoms with Gasteiger partial charge in [-0.25, -0.2) is 13.2 Å². The minimum Gasteiger partial charge on any atom is -0.465 e. The Bertz CT molecular complexity index is 580. The normalized spacial score (nSPS) is 11.1. The third kappa shape index (κ3) is 3.55. The highest BCUT2D eigenvalue weighted by molar-refractivity contribution is 7.89. The number of hydrogen-bond acceptors (Lipinski definition) is 4. The molecule has 0 spiro atoms. The maximum atomic E-state index is 12.4. The van der Waals surface area contributed by atoms with Gasteiger partial charge in [-0.3, -0.25) is 0 Å². The molecule has 0 radical (unpaired) electrons. The molecule has 0 aliphatic heterocycles. The van der Waals surface area contributed by atoms with Crippen LogP contribution in [0.1, 0.15) is 10.4 Å². The van der Waals surface area contributed by atoms with Crippen molar-refractivity contribution in [1.29, 1.82) is 0 Å². The van der Waals surface area contributed by atoms with Gasteiger partial charge in [0, 0.05) is 13.1 Å². The highest BCUT2D eigenvalue weighted by Gasteiger charge is 2.22. The SMILES string of the molecule is C=CCN(CC=C)S(=O)(=O)c1ccc(C(=O)OC)cc1. The quantitative estimate of drug-likeness (QED) is 0.569. The van der Waals surface area contributed by atoms with Crippen LogP contribution in [0, 0.1) is 0 Å². The fourth-order valence-corrected chi connectivity index (χ4v) is 2.97. The summed E-state index contributed by atoms with van der Waals surface area (Å²) in [5.41, 5.74) is 0.297. The van der Waals surface area contributed by atoms with Gasteiger partial charge in [-0.05, 0) is 24.3 Å². The van der Waals surface area contributed by atoms with E-state index in [1.807, 2.05) is 0 Å². The van der Waals surface area contributed by atoms with E-state index in [0.717, 1.165) is 0 Å². The minimum atomic E-state index is -3.64. The molecule has 0 unspecified atom stereocenters. The van der Waals surface area contributed by atoms with Gasteiger partial charge in [-0.15, -0.1) is 13.2 Å². The molecule has 0 atom stereocenters.